The maximum absolute atomic E-state index is 11.7. The first-order chi connectivity index (χ1) is 9.31. The van der Waals surface area contributed by atoms with Crippen LogP contribution in [0, 0.1) is 5.92 Å². The lowest BCUT2D eigenvalue weighted by molar-refractivity contribution is -0.144. The largest absolute Gasteiger partial charge is 0.466 e. The van der Waals surface area contributed by atoms with E-state index in [4.69, 9.17) is 9.47 Å². The minimum absolute atomic E-state index is 0.0130. The fourth-order valence-corrected chi connectivity index (χ4v) is 2.81. The van der Waals surface area contributed by atoms with Gasteiger partial charge < -0.3 is 9.47 Å². The second-order valence-electron chi connectivity index (χ2n) is 5.22. The van der Waals surface area contributed by atoms with E-state index in [1.165, 1.54) is 6.42 Å². The van der Waals surface area contributed by atoms with E-state index in [0.717, 1.165) is 31.6 Å². The van der Waals surface area contributed by atoms with Crippen molar-refractivity contribution in [3.05, 3.63) is 18.0 Å². The van der Waals surface area contributed by atoms with E-state index in [9.17, 15) is 4.79 Å². The predicted molar refractivity (Wildman–Crippen MR) is 68.5 cm³/mol. The van der Waals surface area contributed by atoms with Gasteiger partial charge in [0.1, 0.15) is 6.23 Å². The second-order valence-corrected chi connectivity index (χ2v) is 5.22. The molecule has 19 heavy (non-hydrogen) atoms. The molecule has 1 aliphatic heterocycles. The van der Waals surface area contributed by atoms with E-state index >= 15 is 0 Å². The van der Waals surface area contributed by atoms with Crippen LogP contribution >= 0.6 is 0 Å². The summed E-state index contributed by atoms with van der Waals surface area (Å²) in [7, 11) is 0. The Morgan fingerprint density at radius 3 is 3.21 bits per heavy atom. The summed E-state index contributed by atoms with van der Waals surface area (Å²) >= 11 is 0. The topological polar surface area (TPSA) is 53.3 Å². The summed E-state index contributed by atoms with van der Waals surface area (Å²) in [4.78, 5) is 11.7. The zero-order valence-corrected chi connectivity index (χ0v) is 11.2. The molecule has 0 amide bonds. The average molecular weight is 264 g/mol. The molecule has 2 heterocycles. The van der Waals surface area contributed by atoms with E-state index in [1.807, 2.05) is 17.7 Å². The standard InChI is InChI=1S/C14H20N2O3/c1-2-18-14(17)11-9-10(11)12-6-7-15-16(12)13-5-3-4-8-19-13/h6-7,10-11,13H,2-5,8-9H2,1H3. The molecular weight excluding hydrogens is 244 g/mol. The lowest BCUT2D eigenvalue weighted by Crippen LogP contribution is -2.21. The maximum Gasteiger partial charge on any atom is 0.309 e. The van der Waals surface area contributed by atoms with Crippen molar-refractivity contribution in [1.29, 1.82) is 0 Å². The molecule has 3 rings (SSSR count). The van der Waals surface area contributed by atoms with Crippen molar-refractivity contribution in [2.45, 2.75) is 44.8 Å². The molecule has 5 nitrogen and oxygen atoms in total. The summed E-state index contributed by atoms with van der Waals surface area (Å²) in [6, 6.07) is 2.00. The minimum Gasteiger partial charge on any atom is -0.466 e. The third kappa shape index (κ3) is 2.52. The fraction of sp³-hybridized carbons (Fsp3) is 0.714. The number of ether oxygens (including phenoxy) is 2. The van der Waals surface area contributed by atoms with Gasteiger partial charge in [0.05, 0.1) is 12.5 Å². The van der Waals surface area contributed by atoms with Crippen LogP contribution in [0.4, 0.5) is 0 Å². The van der Waals surface area contributed by atoms with E-state index in [0.29, 0.717) is 6.61 Å². The molecule has 5 heteroatoms. The summed E-state index contributed by atoms with van der Waals surface area (Å²) in [5.41, 5.74) is 1.12. The van der Waals surface area contributed by atoms with Gasteiger partial charge >= 0.3 is 5.97 Å². The van der Waals surface area contributed by atoms with Gasteiger partial charge in [0.2, 0.25) is 0 Å². The summed E-state index contributed by atoms with van der Waals surface area (Å²) in [5, 5.41) is 4.38. The molecule has 104 valence electrons. The molecule has 1 aromatic rings. The van der Waals surface area contributed by atoms with Crippen LogP contribution < -0.4 is 0 Å². The first-order valence-corrected chi connectivity index (χ1v) is 7.13. The van der Waals surface area contributed by atoms with Crippen LogP contribution in [-0.2, 0) is 14.3 Å². The highest BCUT2D eigenvalue weighted by atomic mass is 16.5. The highest BCUT2D eigenvalue weighted by Crippen LogP contribution is 2.48. The molecule has 0 N–H and O–H groups in total. The Morgan fingerprint density at radius 1 is 1.58 bits per heavy atom. The van der Waals surface area contributed by atoms with Gasteiger partial charge in [-0.25, -0.2) is 4.68 Å². The number of esters is 1. The lowest BCUT2D eigenvalue weighted by Gasteiger charge is -2.24. The molecule has 3 atom stereocenters. The van der Waals surface area contributed by atoms with Gasteiger partial charge in [-0.15, -0.1) is 0 Å². The van der Waals surface area contributed by atoms with Crippen LogP contribution in [0.15, 0.2) is 12.3 Å². The Morgan fingerprint density at radius 2 is 2.47 bits per heavy atom. The van der Waals surface area contributed by atoms with Crippen molar-refractivity contribution >= 4 is 5.97 Å². The molecule has 0 radical (unpaired) electrons. The normalized spacial score (nSPS) is 30.1. The van der Waals surface area contributed by atoms with E-state index in [2.05, 4.69) is 5.10 Å². The molecule has 2 fully saturated rings. The Kier molecular flexibility index (Phi) is 3.55. The molecule has 3 unspecified atom stereocenters. The minimum atomic E-state index is -0.0789. The second kappa shape index (κ2) is 5.33. The molecule has 0 spiro atoms. The van der Waals surface area contributed by atoms with Crippen molar-refractivity contribution < 1.29 is 14.3 Å². The smallest absolute Gasteiger partial charge is 0.309 e. The predicted octanol–water partition coefficient (Wildman–Crippen LogP) is 2.25. The van der Waals surface area contributed by atoms with Gasteiger partial charge in [-0.2, -0.15) is 5.10 Å². The molecule has 0 aromatic carbocycles. The van der Waals surface area contributed by atoms with Gasteiger partial charge in [-0.05, 0) is 38.7 Å². The third-order valence-electron chi connectivity index (χ3n) is 3.89. The van der Waals surface area contributed by atoms with E-state index in [1.54, 1.807) is 6.20 Å². The summed E-state index contributed by atoms with van der Waals surface area (Å²) in [5.74, 6) is 0.191. The van der Waals surface area contributed by atoms with Crippen LogP contribution in [0.2, 0.25) is 0 Å². The Labute approximate surface area is 112 Å². The zero-order valence-electron chi connectivity index (χ0n) is 11.2. The quantitative estimate of drug-likeness (QED) is 0.783. The lowest BCUT2D eigenvalue weighted by atomic mass is 10.1. The van der Waals surface area contributed by atoms with Crippen LogP contribution in [0.5, 0.6) is 0 Å². The highest BCUT2D eigenvalue weighted by molar-refractivity contribution is 5.77. The van der Waals surface area contributed by atoms with Crippen molar-refractivity contribution in [2.75, 3.05) is 13.2 Å². The van der Waals surface area contributed by atoms with Crippen molar-refractivity contribution in [2.24, 2.45) is 5.92 Å². The number of hydrogen-bond donors (Lipinski definition) is 0. The Hall–Kier alpha value is -1.36. The average Bonchev–Trinajstić information content (AvgIpc) is 3.09. The van der Waals surface area contributed by atoms with Gasteiger partial charge in [0.15, 0.2) is 0 Å². The zero-order chi connectivity index (χ0) is 13.2. The van der Waals surface area contributed by atoms with Crippen molar-refractivity contribution in [1.82, 2.24) is 9.78 Å². The molecule has 1 aromatic heterocycles. The SMILES string of the molecule is CCOC(=O)C1CC1c1ccnn1C1CCCCO1. The Balaban J connectivity index is 1.69. The molecule has 0 bridgehead atoms. The summed E-state index contributed by atoms with van der Waals surface area (Å²) in [6.07, 6.45) is 6.02. The van der Waals surface area contributed by atoms with Crippen LogP contribution in [0.25, 0.3) is 0 Å². The first-order valence-electron chi connectivity index (χ1n) is 7.13. The van der Waals surface area contributed by atoms with Gasteiger partial charge in [0.25, 0.3) is 0 Å². The number of aromatic nitrogens is 2. The summed E-state index contributed by atoms with van der Waals surface area (Å²) < 4.78 is 12.8. The van der Waals surface area contributed by atoms with Crippen molar-refractivity contribution in [3.8, 4) is 0 Å². The molecule has 1 aliphatic carbocycles. The van der Waals surface area contributed by atoms with Crippen molar-refractivity contribution in [3.63, 3.8) is 0 Å². The monoisotopic (exact) mass is 264 g/mol. The van der Waals surface area contributed by atoms with Gasteiger partial charge in [-0.3, -0.25) is 4.79 Å². The number of rotatable bonds is 4. The van der Waals surface area contributed by atoms with Gasteiger partial charge in [-0.1, -0.05) is 0 Å². The van der Waals surface area contributed by atoms with Crippen LogP contribution in [-0.4, -0.2) is 29.0 Å². The van der Waals surface area contributed by atoms with E-state index in [-0.39, 0.29) is 24.0 Å². The Bertz CT molecular complexity index is 451. The van der Waals surface area contributed by atoms with E-state index < -0.39 is 0 Å². The highest BCUT2D eigenvalue weighted by Gasteiger charge is 2.47. The number of carbonyl (C=O) groups is 1. The number of nitrogens with zero attached hydrogens (tertiary/aromatic N) is 2. The van der Waals surface area contributed by atoms with Crippen LogP contribution in [0.1, 0.15) is 50.4 Å². The third-order valence-corrected chi connectivity index (χ3v) is 3.89. The molecular formula is C14H20N2O3. The number of hydrogen-bond acceptors (Lipinski definition) is 4. The first kappa shape index (κ1) is 12.7. The summed E-state index contributed by atoms with van der Waals surface area (Å²) in [6.45, 7) is 3.10. The van der Waals surface area contributed by atoms with Gasteiger partial charge in [0, 0.05) is 24.4 Å². The molecule has 1 saturated carbocycles. The number of carbonyl (C=O) groups excluding carboxylic acids is 1. The fourth-order valence-electron chi connectivity index (χ4n) is 2.81. The molecule has 1 saturated heterocycles. The molecule has 2 aliphatic rings. The van der Waals surface area contributed by atoms with Crippen LogP contribution in [0.3, 0.4) is 0 Å². The maximum atomic E-state index is 11.7.